The normalized spacial score (nSPS) is 13.2. The molecule has 1 amide bonds. The van der Waals surface area contributed by atoms with Crippen molar-refractivity contribution < 1.29 is 14.1 Å². The molecular weight excluding hydrogens is 447 g/mol. The summed E-state index contributed by atoms with van der Waals surface area (Å²) in [5.74, 6) is 1.39. The van der Waals surface area contributed by atoms with Gasteiger partial charge >= 0.3 is 0 Å². The maximum atomic E-state index is 12.6. The lowest BCUT2D eigenvalue weighted by molar-refractivity contribution is -0.132. The van der Waals surface area contributed by atoms with Crippen molar-refractivity contribution in [3.63, 3.8) is 0 Å². The van der Waals surface area contributed by atoms with Crippen LogP contribution in [0.25, 0.3) is 11.3 Å². The third-order valence-corrected chi connectivity index (χ3v) is 5.77. The van der Waals surface area contributed by atoms with Gasteiger partial charge in [-0.05, 0) is 55.3 Å². The van der Waals surface area contributed by atoms with Crippen molar-refractivity contribution in [1.82, 2.24) is 10.1 Å². The summed E-state index contributed by atoms with van der Waals surface area (Å²) in [5.41, 5.74) is 2.80. The van der Waals surface area contributed by atoms with Gasteiger partial charge in [-0.2, -0.15) is 0 Å². The van der Waals surface area contributed by atoms with E-state index in [4.69, 9.17) is 44.1 Å². The third-order valence-electron chi connectivity index (χ3n) is 4.99. The maximum absolute atomic E-state index is 12.6. The van der Waals surface area contributed by atoms with E-state index in [9.17, 15) is 4.79 Å². The first-order chi connectivity index (χ1) is 14.5. The summed E-state index contributed by atoms with van der Waals surface area (Å²) < 4.78 is 11.2. The SMILES string of the molecule is O=C(CCCOc1ccc(Cl)cc1Cl)N1CCc2c(noc2-c2ccc(Cl)cc2)C1. The van der Waals surface area contributed by atoms with Gasteiger partial charge in [0.1, 0.15) is 11.4 Å². The van der Waals surface area contributed by atoms with E-state index in [1.54, 1.807) is 18.2 Å². The summed E-state index contributed by atoms with van der Waals surface area (Å²) in [4.78, 5) is 14.4. The Morgan fingerprint density at radius 2 is 1.87 bits per heavy atom. The molecule has 0 bridgehead atoms. The number of carbonyl (C=O) groups excluding carboxylic acids is 1. The molecule has 8 heteroatoms. The number of carbonyl (C=O) groups is 1. The average molecular weight is 466 g/mol. The molecule has 2 aromatic carbocycles. The predicted molar refractivity (Wildman–Crippen MR) is 117 cm³/mol. The molecule has 0 unspecified atom stereocenters. The molecule has 1 aliphatic heterocycles. The summed E-state index contributed by atoms with van der Waals surface area (Å²) in [6.45, 7) is 1.49. The zero-order valence-electron chi connectivity index (χ0n) is 16.0. The van der Waals surface area contributed by atoms with Crippen molar-refractivity contribution in [2.24, 2.45) is 0 Å². The van der Waals surface area contributed by atoms with Crippen molar-refractivity contribution in [2.45, 2.75) is 25.8 Å². The highest BCUT2D eigenvalue weighted by Gasteiger charge is 2.27. The van der Waals surface area contributed by atoms with Crippen LogP contribution in [0.5, 0.6) is 5.75 Å². The molecule has 0 saturated carbocycles. The average Bonchev–Trinajstić information content (AvgIpc) is 3.16. The molecule has 1 aliphatic rings. The fraction of sp³-hybridized carbons (Fsp3) is 0.273. The minimum Gasteiger partial charge on any atom is -0.492 e. The summed E-state index contributed by atoms with van der Waals surface area (Å²) >= 11 is 17.9. The van der Waals surface area contributed by atoms with E-state index in [2.05, 4.69) is 5.16 Å². The summed E-state index contributed by atoms with van der Waals surface area (Å²) in [5, 5.41) is 5.87. The van der Waals surface area contributed by atoms with Crippen molar-refractivity contribution in [3.05, 3.63) is 68.8 Å². The molecule has 5 nitrogen and oxygen atoms in total. The lowest BCUT2D eigenvalue weighted by Gasteiger charge is -2.26. The van der Waals surface area contributed by atoms with Crippen LogP contribution < -0.4 is 4.74 Å². The minimum absolute atomic E-state index is 0.0718. The second-order valence-electron chi connectivity index (χ2n) is 7.04. The lowest BCUT2D eigenvalue weighted by Crippen LogP contribution is -2.36. The standard InChI is InChI=1S/C22H19Cl3N2O3/c23-15-5-3-14(4-6-15)22-17-9-10-27(13-19(17)26-30-22)21(28)2-1-11-29-20-8-7-16(24)12-18(20)25/h3-8,12H,1-2,9-11,13H2. The van der Waals surface area contributed by atoms with Crippen molar-refractivity contribution in [3.8, 4) is 17.1 Å². The van der Waals surface area contributed by atoms with Crippen LogP contribution >= 0.6 is 34.8 Å². The number of benzene rings is 2. The fourth-order valence-electron chi connectivity index (χ4n) is 3.43. The van der Waals surface area contributed by atoms with Gasteiger partial charge in [-0.15, -0.1) is 0 Å². The quantitative estimate of drug-likeness (QED) is 0.416. The van der Waals surface area contributed by atoms with Crippen LogP contribution in [0.1, 0.15) is 24.1 Å². The van der Waals surface area contributed by atoms with E-state index in [-0.39, 0.29) is 5.91 Å². The van der Waals surface area contributed by atoms with Crippen molar-refractivity contribution in [1.29, 1.82) is 0 Å². The molecule has 30 heavy (non-hydrogen) atoms. The molecule has 1 aromatic heterocycles. The van der Waals surface area contributed by atoms with Gasteiger partial charge in [0.05, 0.1) is 18.2 Å². The molecular formula is C22H19Cl3N2O3. The van der Waals surface area contributed by atoms with Crippen LogP contribution in [-0.4, -0.2) is 29.1 Å². The number of hydrogen-bond donors (Lipinski definition) is 0. The monoisotopic (exact) mass is 464 g/mol. The van der Waals surface area contributed by atoms with Crippen LogP contribution in [0.3, 0.4) is 0 Å². The third kappa shape index (κ3) is 4.75. The number of aromatic nitrogens is 1. The first kappa shape index (κ1) is 21.0. The van der Waals surface area contributed by atoms with Gasteiger partial charge in [-0.25, -0.2) is 0 Å². The first-order valence-electron chi connectivity index (χ1n) is 9.60. The molecule has 0 fully saturated rings. The van der Waals surface area contributed by atoms with E-state index in [1.807, 2.05) is 29.2 Å². The first-order valence-corrected chi connectivity index (χ1v) is 10.7. The molecule has 2 heterocycles. The van der Waals surface area contributed by atoms with Gasteiger partial charge in [-0.1, -0.05) is 40.0 Å². The molecule has 156 valence electrons. The fourth-order valence-corrected chi connectivity index (χ4v) is 4.02. The number of nitrogens with zero attached hydrogens (tertiary/aromatic N) is 2. The molecule has 0 atom stereocenters. The highest BCUT2D eigenvalue weighted by Crippen LogP contribution is 2.31. The predicted octanol–water partition coefficient (Wildman–Crippen LogP) is 6.05. The van der Waals surface area contributed by atoms with Gasteiger partial charge in [0.2, 0.25) is 5.91 Å². The number of ether oxygens (including phenoxy) is 1. The van der Waals surface area contributed by atoms with E-state index in [1.165, 1.54) is 0 Å². The van der Waals surface area contributed by atoms with Crippen molar-refractivity contribution >= 4 is 40.7 Å². The van der Waals surface area contributed by atoms with E-state index in [0.717, 1.165) is 22.6 Å². The maximum Gasteiger partial charge on any atom is 0.223 e. The largest absolute Gasteiger partial charge is 0.492 e. The Morgan fingerprint density at radius 3 is 2.63 bits per heavy atom. The number of halogens is 3. The highest BCUT2D eigenvalue weighted by molar-refractivity contribution is 6.35. The summed E-state index contributed by atoms with van der Waals surface area (Å²) in [6, 6.07) is 12.5. The topological polar surface area (TPSA) is 55.6 Å². The Hall–Kier alpha value is -2.21. The molecule has 0 saturated heterocycles. The van der Waals surface area contributed by atoms with Crippen LogP contribution in [0.4, 0.5) is 0 Å². The van der Waals surface area contributed by atoms with Gasteiger partial charge in [-0.3, -0.25) is 4.79 Å². The molecule has 0 spiro atoms. The highest BCUT2D eigenvalue weighted by atomic mass is 35.5. The molecule has 0 aliphatic carbocycles. The molecule has 0 radical (unpaired) electrons. The van der Waals surface area contributed by atoms with Crippen LogP contribution in [0.15, 0.2) is 47.0 Å². The van der Waals surface area contributed by atoms with Crippen molar-refractivity contribution in [2.75, 3.05) is 13.2 Å². The Kier molecular flexibility index (Phi) is 6.52. The smallest absolute Gasteiger partial charge is 0.223 e. The minimum atomic E-state index is 0.0718. The van der Waals surface area contributed by atoms with Gasteiger partial charge in [0.25, 0.3) is 0 Å². The van der Waals surface area contributed by atoms with E-state index >= 15 is 0 Å². The molecule has 4 rings (SSSR count). The number of fused-ring (bicyclic) bond motifs is 1. The zero-order valence-corrected chi connectivity index (χ0v) is 18.3. The molecule has 3 aromatic rings. The Labute approximate surface area is 189 Å². The summed E-state index contributed by atoms with van der Waals surface area (Å²) in [7, 11) is 0. The van der Waals surface area contributed by atoms with Gasteiger partial charge in [0, 0.05) is 34.1 Å². The molecule has 0 N–H and O–H groups in total. The van der Waals surface area contributed by atoms with E-state index in [0.29, 0.717) is 59.8 Å². The second-order valence-corrected chi connectivity index (χ2v) is 8.32. The van der Waals surface area contributed by atoms with Crippen LogP contribution in [-0.2, 0) is 17.8 Å². The second kappa shape index (κ2) is 9.29. The lowest BCUT2D eigenvalue weighted by atomic mass is 10.0. The van der Waals surface area contributed by atoms with Crippen LogP contribution in [0, 0.1) is 0 Å². The number of rotatable bonds is 6. The van der Waals surface area contributed by atoms with E-state index < -0.39 is 0 Å². The summed E-state index contributed by atoms with van der Waals surface area (Å²) in [6.07, 6.45) is 1.69. The Morgan fingerprint density at radius 1 is 1.10 bits per heavy atom. The van der Waals surface area contributed by atoms with Crippen LogP contribution in [0.2, 0.25) is 15.1 Å². The zero-order chi connectivity index (χ0) is 21.1. The van der Waals surface area contributed by atoms with Gasteiger partial charge < -0.3 is 14.2 Å². The Bertz CT molecular complexity index is 1050. The van der Waals surface area contributed by atoms with Gasteiger partial charge in [0.15, 0.2) is 5.76 Å². The number of hydrogen-bond acceptors (Lipinski definition) is 4. The Balaban J connectivity index is 1.30. The number of amides is 1.